The maximum absolute atomic E-state index is 11.7. The van der Waals surface area contributed by atoms with Crippen molar-refractivity contribution in [2.45, 2.75) is 13.8 Å². The minimum atomic E-state index is -1.06. The van der Waals surface area contributed by atoms with E-state index in [1.807, 2.05) is 10.6 Å². The molecular formula is C14H13N5O5. The highest BCUT2D eigenvalue weighted by Crippen LogP contribution is 2.21. The van der Waals surface area contributed by atoms with Crippen molar-refractivity contribution in [1.29, 1.82) is 5.26 Å². The van der Waals surface area contributed by atoms with E-state index in [1.54, 1.807) is 13.0 Å². The summed E-state index contributed by atoms with van der Waals surface area (Å²) >= 11 is 0. The van der Waals surface area contributed by atoms with Crippen molar-refractivity contribution < 1.29 is 19.3 Å². The van der Waals surface area contributed by atoms with Crippen molar-refractivity contribution in [2.24, 2.45) is 0 Å². The first-order valence-corrected chi connectivity index (χ1v) is 6.49. The van der Waals surface area contributed by atoms with E-state index in [0.717, 1.165) is 13.1 Å². The summed E-state index contributed by atoms with van der Waals surface area (Å²) in [4.78, 5) is 43.7. The van der Waals surface area contributed by atoms with Crippen molar-refractivity contribution in [1.82, 2.24) is 10.6 Å². The number of nitro benzene ring substituents is 1. The molecule has 0 unspecified atom stereocenters. The molecule has 0 aliphatic heterocycles. The highest BCUT2D eigenvalue weighted by atomic mass is 16.6. The number of benzene rings is 1. The third-order valence-electron chi connectivity index (χ3n) is 2.67. The molecule has 0 fully saturated rings. The maximum atomic E-state index is 11.7. The number of amides is 4. The first-order valence-electron chi connectivity index (χ1n) is 6.49. The third-order valence-corrected chi connectivity index (χ3v) is 2.67. The van der Waals surface area contributed by atoms with E-state index in [1.165, 1.54) is 18.2 Å². The summed E-state index contributed by atoms with van der Waals surface area (Å²) in [6.07, 6.45) is 1.05. The first-order chi connectivity index (χ1) is 11.2. The largest absolute Gasteiger partial charge is 0.360 e. The molecular weight excluding hydrogens is 318 g/mol. The lowest BCUT2D eigenvalue weighted by molar-refractivity contribution is -0.384. The molecule has 124 valence electrons. The quantitative estimate of drug-likeness (QED) is 0.323. The van der Waals surface area contributed by atoms with Crippen molar-refractivity contribution in [3.05, 3.63) is 45.6 Å². The number of hydrogen-bond donors (Lipinski definition) is 3. The van der Waals surface area contributed by atoms with Crippen LogP contribution >= 0.6 is 0 Å². The van der Waals surface area contributed by atoms with Gasteiger partial charge in [0, 0.05) is 30.9 Å². The number of aryl methyl sites for hydroxylation is 1. The monoisotopic (exact) mass is 331 g/mol. The number of nitriles is 1. The summed E-state index contributed by atoms with van der Waals surface area (Å²) in [7, 11) is 0. The van der Waals surface area contributed by atoms with Gasteiger partial charge in [0.25, 0.3) is 11.6 Å². The summed E-state index contributed by atoms with van der Waals surface area (Å²) < 4.78 is 0. The van der Waals surface area contributed by atoms with Crippen LogP contribution < -0.4 is 16.0 Å². The summed E-state index contributed by atoms with van der Waals surface area (Å²) in [6.45, 7) is 2.69. The number of nitrogens with zero attached hydrogens (tertiary/aromatic N) is 2. The normalized spacial score (nSPS) is 10.3. The highest BCUT2D eigenvalue weighted by molar-refractivity contribution is 6.09. The molecule has 0 saturated carbocycles. The lowest BCUT2D eigenvalue weighted by atomic mass is 10.2. The zero-order chi connectivity index (χ0) is 18.3. The molecule has 3 N–H and O–H groups in total. The number of hydrogen-bond acceptors (Lipinski definition) is 7. The fourth-order valence-electron chi connectivity index (χ4n) is 1.58. The number of anilines is 1. The molecule has 0 atom stereocenters. The minimum absolute atomic E-state index is 0.0961. The average Bonchev–Trinajstić information content (AvgIpc) is 2.47. The molecule has 0 aromatic heterocycles. The van der Waals surface area contributed by atoms with Crippen LogP contribution in [0, 0.1) is 28.4 Å². The number of nitro groups is 1. The Hall–Kier alpha value is -3.74. The van der Waals surface area contributed by atoms with Gasteiger partial charge >= 0.3 is 6.03 Å². The van der Waals surface area contributed by atoms with Gasteiger partial charge in [0.1, 0.15) is 11.6 Å². The second-order valence-corrected chi connectivity index (χ2v) is 4.53. The summed E-state index contributed by atoms with van der Waals surface area (Å²) in [6, 6.07) is 4.54. The number of rotatable bonds is 4. The predicted octanol–water partition coefficient (Wildman–Crippen LogP) is 1.09. The topological polar surface area (TPSA) is 154 Å². The van der Waals surface area contributed by atoms with E-state index >= 15 is 0 Å². The van der Waals surface area contributed by atoms with Crippen molar-refractivity contribution >= 4 is 29.2 Å². The fraction of sp³-hybridized carbons (Fsp3) is 0.143. The number of nitrogens with one attached hydrogen (secondary N) is 3. The molecule has 0 heterocycles. The average molecular weight is 331 g/mol. The predicted molar refractivity (Wildman–Crippen MR) is 82.5 cm³/mol. The van der Waals surface area contributed by atoms with Gasteiger partial charge in [0.05, 0.1) is 4.92 Å². The van der Waals surface area contributed by atoms with E-state index < -0.39 is 28.3 Å². The second kappa shape index (κ2) is 8.04. The lowest BCUT2D eigenvalue weighted by Gasteiger charge is -2.06. The van der Waals surface area contributed by atoms with Crippen molar-refractivity contribution in [3.63, 3.8) is 0 Å². The second-order valence-electron chi connectivity index (χ2n) is 4.53. The van der Waals surface area contributed by atoms with Gasteiger partial charge in [0.2, 0.25) is 5.91 Å². The SMILES string of the molecule is CC(=O)NC(=O)NC(=O)/C(C#N)=C/Nc1ccc([N+](=O)[O-])cc1C. The van der Waals surface area contributed by atoms with Crippen molar-refractivity contribution in [2.75, 3.05) is 5.32 Å². The van der Waals surface area contributed by atoms with E-state index in [0.29, 0.717) is 11.3 Å². The van der Waals surface area contributed by atoms with Crippen LogP contribution in [0.4, 0.5) is 16.2 Å². The molecule has 0 saturated heterocycles. The Morgan fingerprint density at radius 3 is 2.46 bits per heavy atom. The van der Waals surface area contributed by atoms with Crippen LogP contribution in [-0.2, 0) is 9.59 Å². The Labute approximate surface area is 136 Å². The number of carbonyl (C=O) groups is 3. The Kier molecular flexibility index (Phi) is 6.13. The van der Waals surface area contributed by atoms with E-state index in [4.69, 9.17) is 5.26 Å². The van der Waals surface area contributed by atoms with Gasteiger partial charge < -0.3 is 5.32 Å². The van der Waals surface area contributed by atoms with Gasteiger partial charge in [-0.3, -0.25) is 30.3 Å². The van der Waals surface area contributed by atoms with Gasteiger partial charge in [-0.25, -0.2) is 4.79 Å². The lowest BCUT2D eigenvalue weighted by Crippen LogP contribution is -2.42. The standard InChI is InChI=1S/C14H13N5O5/c1-8-5-11(19(23)24)3-4-12(8)16-7-10(6-15)13(21)18-14(22)17-9(2)20/h3-5,7,16H,1-2H3,(H2,17,18,20,21,22)/b10-7+. The van der Waals surface area contributed by atoms with Gasteiger partial charge in [-0.05, 0) is 18.6 Å². The van der Waals surface area contributed by atoms with Gasteiger partial charge in [-0.1, -0.05) is 0 Å². The molecule has 0 aliphatic carbocycles. The van der Waals surface area contributed by atoms with Crippen LogP contribution in [0.2, 0.25) is 0 Å². The number of imide groups is 2. The van der Waals surface area contributed by atoms with Crippen LogP contribution in [0.1, 0.15) is 12.5 Å². The van der Waals surface area contributed by atoms with E-state index in [2.05, 4.69) is 5.32 Å². The van der Waals surface area contributed by atoms with Crippen LogP contribution in [0.15, 0.2) is 30.0 Å². The summed E-state index contributed by atoms with van der Waals surface area (Å²) in [5.41, 5.74) is 0.439. The molecule has 24 heavy (non-hydrogen) atoms. The van der Waals surface area contributed by atoms with Gasteiger partial charge in [0.15, 0.2) is 0 Å². The van der Waals surface area contributed by atoms with Gasteiger partial charge in [-0.2, -0.15) is 5.26 Å². The molecule has 0 aliphatic rings. The molecule has 10 heteroatoms. The maximum Gasteiger partial charge on any atom is 0.328 e. The molecule has 4 amide bonds. The zero-order valence-electron chi connectivity index (χ0n) is 12.7. The van der Waals surface area contributed by atoms with Crippen LogP contribution in [0.25, 0.3) is 0 Å². The Morgan fingerprint density at radius 2 is 1.96 bits per heavy atom. The molecule has 0 radical (unpaired) electrons. The first kappa shape index (κ1) is 18.3. The van der Waals surface area contributed by atoms with Crippen LogP contribution in [0.3, 0.4) is 0 Å². The molecule has 1 aromatic rings. The molecule has 1 rings (SSSR count). The highest BCUT2D eigenvalue weighted by Gasteiger charge is 2.14. The van der Waals surface area contributed by atoms with Crippen LogP contribution in [-0.4, -0.2) is 22.8 Å². The molecule has 1 aromatic carbocycles. The Morgan fingerprint density at radius 1 is 1.29 bits per heavy atom. The molecule has 10 nitrogen and oxygen atoms in total. The number of urea groups is 1. The van der Waals surface area contributed by atoms with E-state index in [-0.39, 0.29) is 5.69 Å². The fourth-order valence-corrected chi connectivity index (χ4v) is 1.58. The zero-order valence-corrected chi connectivity index (χ0v) is 12.7. The Bertz CT molecular complexity index is 778. The molecule has 0 bridgehead atoms. The summed E-state index contributed by atoms with van der Waals surface area (Å²) in [5.74, 6) is -1.68. The van der Waals surface area contributed by atoms with E-state index in [9.17, 15) is 24.5 Å². The smallest absolute Gasteiger partial charge is 0.328 e. The molecule has 0 spiro atoms. The Balaban J connectivity index is 2.85. The summed E-state index contributed by atoms with van der Waals surface area (Å²) in [5, 5.41) is 25.9. The minimum Gasteiger partial charge on any atom is -0.360 e. The van der Waals surface area contributed by atoms with Gasteiger partial charge in [-0.15, -0.1) is 0 Å². The number of non-ortho nitro benzene ring substituents is 1. The van der Waals surface area contributed by atoms with Crippen LogP contribution in [0.5, 0.6) is 0 Å². The third kappa shape index (κ3) is 5.23. The number of carbonyl (C=O) groups excluding carboxylic acids is 3. The van der Waals surface area contributed by atoms with Crippen molar-refractivity contribution in [3.8, 4) is 6.07 Å².